The van der Waals surface area contributed by atoms with Crippen LogP contribution in [0.3, 0.4) is 0 Å². The van der Waals surface area contributed by atoms with Gasteiger partial charge in [0.15, 0.2) is 0 Å². The van der Waals surface area contributed by atoms with Crippen LogP contribution in [0.5, 0.6) is 0 Å². The number of nitrogens with one attached hydrogen (secondary N) is 1. The largest absolute Gasteiger partial charge is 0.370 e. The molecule has 2 nitrogen and oxygen atoms in total. The van der Waals surface area contributed by atoms with E-state index in [4.69, 9.17) is 4.74 Å². The minimum absolute atomic E-state index is 0.0696. The molecule has 0 spiro atoms. The highest BCUT2D eigenvalue weighted by Gasteiger charge is 2.40. The second-order valence-electron chi connectivity index (χ2n) is 7.92. The van der Waals surface area contributed by atoms with Crippen molar-refractivity contribution in [1.82, 2.24) is 5.32 Å². The van der Waals surface area contributed by atoms with Gasteiger partial charge in [0.05, 0.1) is 11.7 Å². The molecule has 0 bridgehead atoms. The number of ether oxygens (including phenoxy) is 1. The van der Waals surface area contributed by atoms with E-state index in [2.05, 4.69) is 46.9 Å². The molecule has 1 aliphatic carbocycles. The molecule has 1 rings (SSSR count). The summed E-state index contributed by atoms with van der Waals surface area (Å²) in [5.74, 6) is 1.43. The molecule has 1 N–H and O–H groups in total. The molecule has 0 amide bonds. The summed E-state index contributed by atoms with van der Waals surface area (Å²) in [6, 6.07) is 0. The third kappa shape index (κ3) is 4.75. The van der Waals surface area contributed by atoms with Crippen LogP contribution in [-0.4, -0.2) is 25.3 Å². The van der Waals surface area contributed by atoms with Crippen LogP contribution in [0.1, 0.15) is 67.2 Å². The molecule has 114 valence electrons. The lowest BCUT2D eigenvalue weighted by molar-refractivity contribution is -0.129. The summed E-state index contributed by atoms with van der Waals surface area (Å²) in [6.07, 6.45) is 5.35. The lowest BCUT2D eigenvalue weighted by Crippen LogP contribution is -2.48. The van der Waals surface area contributed by atoms with Crippen molar-refractivity contribution < 1.29 is 4.74 Å². The van der Waals surface area contributed by atoms with Gasteiger partial charge in [-0.2, -0.15) is 0 Å². The number of hydrogen-bond donors (Lipinski definition) is 1. The molecule has 0 saturated heterocycles. The maximum Gasteiger partial charge on any atom is 0.0810 e. The number of likely N-dealkylation sites (N-methyl/N-ethyl adjacent to an activating group) is 1. The lowest BCUT2D eigenvalue weighted by atomic mass is 9.68. The van der Waals surface area contributed by atoms with Crippen LogP contribution < -0.4 is 5.32 Å². The zero-order valence-electron chi connectivity index (χ0n) is 14.2. The van der Waals surface area contributed by atoms with E-state index in [1.54, 1.807) is 0 Å². The van der Waals surface area contributed by atoms with E-state index < -0.39 is 0 Å². The molecule has 0 aromatic carbocycles. The summed E-state index contributed by atoms with van der Waals surface area (Å²) in [5, 5.41) is 3.35. The summed E-state index contributed by atoms with van der Waals surface area (Å²) in [5.41, 5.74) is 0.510. The molecule has 0 radical (unpaired) electrons. The zero-order valence-corrected chi connectivity index (χ0v) is 14.2. The molecule has 0 aromatic rings. The number of hydrogen-bond acceptors (Lipinski definition) is 2. The second-order valence-corrected chi connectivity index (χ2v) is 7.92. The first-order valence-corrected chi connectivity index (χ1v) is 8.02. The van der Waals surface area contributed by atoms with Crippen molar-refractivity contribution in [3.63, 3.8) is 0 Å². The zero-order chi connectivity index (χ0) is 14.7. The van der Waals surface area contributed by atoms with Crippen LogP contribution in [-0.2, 0) is 4.74 Å². The smallest absolute Gasteiger partial charge is 0.0810 e. The van der Waals surface area contributed by atoms with Gasteiger partial charge in [0, 0.05) is 6.54 Å². The van der Waals surface area contributed by atoms with Gasteiger partial charge in [-0.3, -0.25) is 0 Å². The minimum atomic E-state index is 0.0696. The van der Waals surface area contributed by atoms with Gasteiger partial charge in [-0.25, -0.2) is 0 Å². The maximum atomic E-state index is 6.48. The van der Waals surface area contributed by atoms with Gasteiger partial charge in [-0.15, -0.1) is 0 Å². The molecular weight excluding hydrogens is 234 g/mol. The van der Waals surface area contributed by atoms with Gasteiger partial charge >= 0.3 is 0 Å². The van der Waals surface area contributed by atoms with E-state index in [1.807, 2.05) is 7.05 Å². The fourth-order valence-corrected chi connectivity index (χ4v) is 3.20. The van der Waals surface area contributed by atoms with Crippen molar-refractivity contribution in [2.45, 2.75) is 78.9 Å². The highest BCUT2D eigenvalue weighted by Crippen LogP contribution is 2.43. The Labute approximate surface area is 120 Å². The van der Waals surface area contributed by atoms with Gasteiger partial charge in [-0.05, 0) is 56.9 Å². The summed E-state index contributed by atoms with van der Waals surface area (Å²) in [7, 11) is 2.04. The van der Waals surface area contributed by atoms with Crippen LogP contribution >= 0.6 is 0 Å². The van der Waals surface area contributed by atoms with Crippen molar-refractivity contribution in [1.29, 1.82) is 0 Å². The van der Waals surface area contributed by atoms with Crippen LogP contribution in [0.2, 0.25) is 0 Å². The van der Waals surface area contributed by atoms with E-state index in [0.29, 0.717) is 17.4 Å². The first-order valence-electron chi connectivity index (χ1n) is 8.02. The Morgan fingerprint density at radius 2 is 1.68 bits per heavy atom. The average Bonchev–Trinajstić information content (AvgIpc) is 2.28. The normalized spacial score (nSPS) is 30.6. The Morgan fingerprint density at radius 3 is 2.05 bits per heavy atom. The Bertz CT molecular complexity index is 259. The molecule has 2 heteroatoms. The Balaban J connectivity index is 2.66. The topological polar surface area (TPSA) is 21.3 Å². The lowest BCUT2D eigenvalue weighted by Gasteiger charge is -2.45. The van der Waals surface area contributed by atoms with Gasteiger partial charge in [-0.1, -0.05) is 34.6 Å². The summed E-state index contributed by atoms with van der Waals surface area (Å²) < 4.78 is 6.48. The predicted molar refractivity (Wildman–Crippen MR) is 83.5 cm³/mol. The van der Waals surface area contributed by atoms with Crippen molar-refractivity contribution in [2.24, 2.45) is 17.3 Å². The molecule has 19 heavy (non-hydrogen) atoms. The van der Waals surface area contributed by atoms with E-state index >= 15 is 0 Å². The van der Waals surface area contributed by atoms with E-state index in [-0.39, 0.29) is 5.60 Å². The van der Waals surface area contributed by atoms with Crippen molar-refractivity contribution >= 4 is 0 Å². The van der Waals surface area contributed by atoms with Crippen LogP contribution in [0, 0.1) is 17.3 Å². The molecule has 1 fully saturated rings. The minimum Gasteiger partial charge on any atom is -0.370 e. The maximum absolute atomic E-state index is 6.48. The monoisotopic (exact) mass is 269 g/mol. The fraction of sp³-hybridized carbons (Fsp3) is 1.00. The van der Waals surface area contributed by atoms with E-state index in [9.17, 15) is 0 Å². The summed E-state index contributed by atoms with van der Waals surface area (Å²) in [6.45, 7) is 14.8. The standard InChI is InChI=1S/C17H35NO/c1-13(2)14(3)19-17(12-18-7)10-8-15(9-11-17)16(4,5)6/h13-15,18H,8-12H2,1-7H3. The van der Waals surface area contributed by atoms with Crippen LogP contribution in [0.15, 0.2) is 0 Å². The second kappa shape index (κ2) is 6.58. The molecule has 1 aliphatic rings. The van der Waals surface area contributed by atoms with Gasteiger partial charge in [0.2, 0.25) is 0 Å². The quantitative estimate of drug-likeness (QED) is 0.806. The molecule has 1 unspecified atom stereocenters. The SMILES string of the molecule is CNCC1(OC(C)C(C)C)CCC(C(C)(C)C)CC1. The summed E-state index contributed by atoms with van der Waals surface area (Å²) >= 11 is 0. The molecule has 0 aromatic heterocycles. The third-order valence-corrected chi connectivity index (χ3v) is 5.00. The van der Waals surface area contributed by atoms with E-state index in [0.717, 1.165) is 12.5 Å². The average molecular weight is 269 g/mol. The molecular formula is C17H35NO. The number of rotatable bonds is 5. The first-order chi connectivity index (χ1) is 8.70. The highest BCUT2D eigenvalue weighted by atomic mass is 16.5. The van der Waals surface area contributed by atoms with Gasteiger partial charge in [0.25, 0.3) is 0 Å². The molecule has 0 aliphatic heterocycles. The third-order valence-electron chi connectivity index (χ3n) is 5.00. The summed E-state index contributed by atoms with van der Waals surface area (Å²) in [4.78, 5) is 0. The van der Waals surface area contributed by atoms with Crippen molar-refractivity contribution in [3.8, 4) is 0 Å². The Kier molecular flexibility index (Phi) is 5.88. The van der Waals surface area contributed by atoms with Crippen LogP contribution in [0.4, 0.5) is 0 Å². The fourth-order valence-electron chi connectivity index (χ4n) is 3.20. The Morgan fingerprint density at radius 1 is 1.16 bits per heavy atom. The molecule has 0 heterocycles. The van der Waals surface area contributed by atoms with Crippen molar-refractivity contribution in [2.75, 3.05) is 13.6 Å². The highest BCUT2D eigenvalue weighted by molar-refractivity contribution is 4.92. The Hall–Kier alpha value is -0.0800. The van der Waals surface area contributed by atoms with Gasteiger partial charge in [0.1, 0.15) is 0 Å². The molecule has 1 atom stereocenters. The first kappa shape index (κ1) is 17.0. The van der Waals surface area contributed by atoms with Gasteiger partial charge < -0.3 is 10.1 Å². The van der Waals surface area contributed by atoms with E-state index in [1.165, 1.54) is 25.7 Å². The van der Waals surface area contributed by atoms with Crippen LogP contribution in [0.25, 0.3) is 0 Å². The predicted octanol–water partition coefficient (Wildman–Crippen LogP) is 4.24. The van der Waals surface area contributed by atoms with Crippen molar-refractivity contribution in [3.05, 3.63) is 0 Å². The molecule has 1 saturated carbocycles.